The highest BCUT2D eigenvalue weighted by Gasteiger charge is 2.27. The van der Waals surface area contributed by atoms with Gasteiger partial charge in [0.05, 0.1) is 5.88 Å². The number of alkyl halides is 1. The summed E-state index contributed by atoms with van der Waals surface area (Å²) in [6, 6.07) is 0.868. The van der Waals surface area contributed by atoms with Crippen molar-refractivity contribution in [3.63, 3.8) is 0 Å². The number of aromatic nitrogens is 3. The number of nitrogens with zero attached hydrogens (tertiary/aromatic N) is 4. The third-order valence-electron chi connectivity index (χ3n) is 3.23. The molecule has 1 fully saturated rings. The van der Waals surface area contributed by atoms with Crippen LogP contribution >= 0.6 is 11.6 Å². The largest absolute Gasteiger partial charge is 0.368 e. The van der Waals surface area contributed by atoms with Crippen LogP contribution in [0.1, 0.15) is 38.9 Å². The van der Waals surface area contributed by atoms with E-state index in [-0.39, 0.29) is 11.8 Å². The first-order valence-corrected chi connectivity index (χ1v) is 6.50. The number of nitrogens with two attached hydrogens (primary N) is 1. The van der Waals surface area contributed by atoms with Gasteiger partial charge >= 0.3 is 0 Å². The van der Waals surface area contributed by atoms with Crippen LogP contribution in [-0.2, 0) is 5.88 Å². The maximum absolute atomic E-state index is 5.76. The minimum Gasteiger partial charge on any atom is -0.368 e. The fourth-order valence-corrected chi connectivity index (χ4v) is 2.54. The van der Waals surface area contributed by atoms with Crippen LogP contribution in [-0.4, -0.2) is 27.0 Å². The lowest BCUT2D eigenvalue weighted by molar-refractivity contribution is 0.407. The summed E-state index contributed by atoms with van der Waals surface area (Å²) in [6.45, 7) is 4.38. The molecule has 94 valence electrons. The minimum absolute atomic E-state index is 0.246. The first-order valence-electron chi connectivity index (χ1n) is 5.96. The minimum atomic E-state index is 0.246. The van der Waals surface area contributed by atoms with Crippen molar-refractivity contribution in [3.8, 4) is 0 Å². The SMILES string of the molecule is C[C@H]1CCC[C@H](C)N1c1nc(N)nc(CCl)n1. The zero-order chi connectivity index (χ0) is 12.4. The normalized spacial score (nSPS) is 25.0. The molecule has 0 bridgehead atoms. The van der Waals surface area contributed by atoms with Crippen LogP contribution in [0.25, 0.3) is 0 Å². The zero-order valence-electron chi connectivity index (χ0n) is 10.2. The molecule has 0 spiro atoms. The second-order valence-corrected chi connectivity index (χ2v) is 4.85. The summed E-state index contributed by atoms with van der Waals surface area (Å²) >= 11 is 5.76. The molecule has 0 radical (unpaired) electrons. The van der Waals surface area contributed by atoms with E-state index >= 15 is 0 Å². The number of piperidine rings is 1. The molecule has 0 unspecified atom stereocenters. The Kier molecular flexibility index (Phi) is 3.66. The van der Waals surface area contributed by atoms with E-state index in [1.165, 1.54) is 6.42 Å². The quantitative estimate of drug-likeness (QED) is 0.819. The molecule has 1 aromatic rings. The van der Waals surface area contributed by atoms with Crippen molar-refractivity contribution >= 4 is 23.5 Å². The Morgan fingerprint density at radius 3 is 2.47 bits per heavy atom. The number of hydrogen-bond donors (Lipinski definition) is 1. The van der Waals surface area contributed by atoms with Gasteiger partial charge in [0, 0.05) is 12.1 Å². The Balaban J connectivity index is 2.34. The van der Waals surface area contributed by atoms with E-state index in [1.54, 1.807) is 0 Å². The average molecular weight is 256 g/mol. The summed E-state index contributed by atoms with van der Waals surface area (Å²) in [4.78, 5) is 14.8. The van der Waals surface area contributed by atoms with Crippen LogP contribution in [0.2, 0.25) is 0 Å². The molecule has 1 aromatic heterocycles. The molecule has 2 N–H and O–H groups in total. The van der Waals surface area contributed by atoms with Crippen molar-refractivity contribution in [1.82, 2.24) is 15.0 Å². The number of halogens is 1. The van der Waals surface area contributed by atoms with Crippen LogP contribution in [0.3, 0.4) is 0 Å². The lowest BCUT2D eigenvalue weighted by Crippen LogP contribution is -2.45. The van der Waals surface area contributed by atoms with E-state index in [1.807, 2.05) is 0 Å². The third-order valence-corrected chi connectivity index (χ3v) is 3.47. The van der Waals surface area contributed by atoms with Crippen LogP contribution in [0.5, 0.6) is 0 Å². The summed E-state index contributed by atoms with van der Waals surface area (Å²) in [7, 11) is 0. The smallest absolute Gasteiger partial charge is 0.230 e. The van der Waals surface area contributed by atoms with E-state index in [0.29, 0.717) is 23.9 Å². The maximum Gasteiger partial charge on any atom is 0.230 e. The molecular weight excluding hydrogens is 238 g/mol. The molecule has 0 aliphatic carbocycles. The van der Waals surface area contributed by atoms with Gasteiger partial charge in [-0.3, -0.25) is 0 Å². The Labute approximate surface area is 106 Å². The molecule has 5 nitrogen and oxygen atoms in total. The lowest BCUT2D eigenvalue weighted by Gasteiger charge is -2.39. The first-order chi connectivity index (χ1) is 8.11. The van der Waals surface area contributed by atoms with Gasteiger partial charge in [-0.2, -0.15) is 15.0 Å². The van der Waals surface area contributed by atoms with Crippen LogP contribution in [0.15, 0.2) is 0 Å². The summed E-state index contributed by atoms with van der Waals surface area (Å²) < 4.78 is 0. The second kappa shape index (κ2) is 5.04. The van der Waals surface area contributed by atoms with Crippen molar-refractivity contribution in [1.29, 1.82) is 0 Å². The predicted molar refractivity (Wildman–Crippen MR) is 69.1 cm³/mol. The average Bonchev–Trinajstić information content (AvgIpc) is 2.28. The Morgan fingerprint density at radius 2 is 1.88 bits per heavy atom. The van der Waals surface area contributed by atoms with E-state index in [4.69, 9.17) is 17.3 Å². The molecule has 2 heterocycles. The first kappa shape index (κ1) is 12.4. The Morgan fingerprint density at radius 1 is 1.24 bits per heavy atom. The molecule has 2 rings (SSSR count). The fourth-order valence-electron chi connectivity index (χ4n) is 2.42. The summed E-state index contributed by atoms with van der Waals surface area (Å²) in [5.74, 6) is 1.71. The fraction of sp³-hybridized carbons (Fsp3) is 0.727. The van der Waals surface area contributed by atoms with Crippen molar-refractivity contribution < 1.29 is 0 Å². The molecule has 0 saturated carbocycles. The highest BCUT2D eigenvalue weighted by molar-refractivity contribution is 6.16. The molecule has 1 aliphatic rings. The van der Waals surface area contributed by atoms with Gasteiger partial charge in [0.15, 0.2) is 5.82 Å². The van der Waals surface area contributed by atoms with Gasteiger partial charge in [0.25, 0.3) is 0 Å². The Hall–Kier alpha value is -1.10. The van der Waals surface area contributed by atoms with E-state index in [9.17, 15) is 0 Å². The van der Waals surface area contributed by atoms with Crippen LogP contribution < -0.4 is 10.6 Å². The monoisotopic (exact) mass is 255 g/mol. The molecule has 6 heteroatoms. The lowest BCUT2D eigenvalue weighted by atomic mass is 9.98. The number of anilines is 2. The summed E-state index contributed by atoms with van der Waals surface area (Å²) in [5.41, 5.74) is 5.69. The number of rotatable bonds is 2. The van der Waals surface area contributed by atoms with E-state index < -0.39 is 0 Å². The molecule has 0 aromatic carbocycles. The van der Waals surface area contributed by atoms with Gasteiger partial charge in [0.1, 0.15) is 0 Å². The Bertz CT molecular complexity index is 387. The van der Waals surface area contributed by atoms with Crippen LogP contribution in [0, 0.1) is 0 Å². The summed E-state index contributed by atoms with van der Waals surface area (Å²) in [6.07, 6.45) is 3.57. The zero-order valence-corrected chi connectivity index (χ0v) is 11.0. The van der Waals surface area contributed by atoms with Crippen molar-refractivity contribution in [3.05, 3.63) is 5.82 Å². The van der Waals surface area contributed by atoms with E-state index in [0.717, 1.165) is 12.8 Å². The van der Waals surface area contributed by atoms with Crippen molar-refractivity contribution in [2.75, 3.05) is 10.6 Å². The molecule has 17 heavy (non-hydrogen) atoms. The van der Waals surface area contributed by atoms with E-state index in [2.05, 4.69) is 33.7 Å². The molecule has 0 amide bonds. The van der Waals surface area contributed by atoms with Gasteiger partial charge in [-0.1, -0.05) is 0 Å². The van der Waals surface area contributed by atoms with Crippen molar-refractivity contribution in [2.45, 2.75) is 51.1 Å². The molecule has 1 saturated heterocycles. The molecule has 2 atom stereocenters. The molecule has 1 aliphatic heterocycles. The van der Waals surface area contributed by atoms with Crippen molar-refractivity contribution in [2.24, 2.45) is 0 Å². The highest BCUT2D eigenvalue weighted by atomic mass is 35.5. The third kappa shape index (κ3) is 2.60. The topological polar surface area (TPSA) is 67.9 Å². The van der Waals surface area contributed by atoms with Gasteiger partial charge in [-0.15, -0.1) is 11.6 Å². The molecular formula is C11H18ClN5. The van der Waals surface area contributed by atoms with Crippen LogP contribution in [0.4, 0.5) is 11.9 Å². The highest BCUT2D eigenvalue weighted by Crippen LogP contribution is 2.26. The predicted octanol–water partition coefficient (Wildman–Crippen LogP) is 1.96. The maximum atomic E-state index is 5.76. The summed E-state index contributed by atoms with van der Waals surface area (Å²) in [5, 5.41) is 0. The van der Waals surface area contributed by atoms with Gasteiger partial charge in [0.2, 0.25) is 11.9 Å². The van der Waals surface area contributed by atoms with Gasteiger partial charge in [-0.05, 0) is 33.1 Å². The standard InChI is InChI=1S/C11H18ClN5/c1-7-4-3-5-8(2)17(7)11-15-9(6-12)14-10(13)16-11/h7-8H,3-6H2,1-2H3,(H2,13,14,15,16)/t7-,8-/m0/s1. The number of nitrogen functional groups attached to an aromatic ring is 1. The van der Waals surface area contributed by atoms with Gasteiger partial charge in [-0.25, -0.2) is 0 Å². The number of hydrogen-bond acceptors (Lipinski definition) is 5. The second-order valence-electron chi connectivity index (χ2n) is 4.58. The van der Waals surface area contributed by atoms with Gasteiger partial charge < -0.3 is 10.6 Å².